The molecule has 0 amide bonds. The molecule has 0 spiro atoms. The lowest BCUT2D eigenvalue weighted by Gasteiger charge is -2.23. The van der Waals surface area contributed by atoms with Gasteiger partial charge in [0.1, 0.15) is 11.9 Å². The first kappa shape index (κ1) is 15.3. The predicted molar refractivity (Wildman–Crippen MR) is 78.7 cm³/mol. The van der Waals surface area contributed by atoms with Crippen LogP contribution in [0.4, 0.5) is 4.39 Å². The Morgan fingerprint density at radius 3 is 2.71 bits per heavy atom. The van der Waals surface area contributed by atoms with Crippen molar-refractivity contribution in [1.82, 2.24) is 10.3 Å². The lowest BCUT2D eigenvalue weighted by atomic mass is 10.1. The van der Waals surface area contributed by atoms with Crippen LogP contribution < -0.4 is 10.1 Å². The van der Waals surface area contributed by atoms with Crippen LogP contribution in [0.2, 0.25) is 5.15 Å². The smallest absolute Gasteiger partial charge is 0.164 e. The molecular formula is C10H13ClFIN2OS. The summed E-state index contributed by atoms with van der Waals surface area (Å²) < 4.78 is 18.6. The van der Waals surface area contributed by atoms with Gasteiger partial charge in [0.25, 0.3) is 0 Å². The van der Waals surface area contributed by atoms with Crippen molar-refractivity contribution in [3.63, 3.8) is 0 Å². The first-order valence-electron chi connectivity index (χ1n) is 5.11. The lowest BCUT2D eigenvalue weighted by molar-refractivity contribution is 0.161. The highest BCUT2D eigenvalue weighted by molar-refractivity contribution is 14.2. The van der Waals surface area contributed by atoms with Gasteiger partial charge >= 0.3 is 0 Å². The Kier molecular flexibility index (Phi) is 7.49. The van der Waals surface area contributed by atoms with Crippen LogP contribution in [-0.2, 0) is 0 Å². The Balaban J connectivity index is 0.000000686. The van der Waals surface area contributed by atoms with Crippen molar-refractivity contribution in [3.8, 4) is 5.75 Å². The van der Waals surface area contributed by atoms with Gasteiger partial charge in [-0.25, -0.2) is 9.37 Å². The van der Waals surface area contributed by atoms with Crippen molar-refractivity contribution >= 4 is 42.6 Å². The topological polar surface area (TPSA) is 34.1 Å². The van der Waals surface area contributed by atoms with E-state index in [0.29, 0.717) is 5.75 Å². The summed E-state index contributed by atoms with van der Waals surface area (Å²) in [6.45, 7) is 1.88. The maximum absolute atomic E-state index is 13.0. The fourth-order valence-corrected chi connectivity index (χ4v) is 1.68. The number of nitrogens with zero attached hydrogens (tertiary/aromatic N) is 1. The molecule has 1 aliphatic heterocycles. The van der Waals surface area contributed by atoms with Gasteiger partial charge in [0.2, 0.25) is 0 Å². The number of thiol groups is 1. The maximum atomic E-state index is 13.0. The number of nitrogens with one attached hydrogen (secondary N) is 1. The summed E-state index contributed by atoms with van der Waals surface area (Å²) in [5, 5.41) is 3.11. The van der Waals surface area contributed by atoms with Crippen LogP contribution in [0.3, 0.4) is 0 Å². The Morgan fingerprint density at radius 1 is 1.47 bits per heavy atom. The molecule has 1 fully saturated rings. The van der Waals surface area contributed by atoms with Crippen molar-refractivity contribution in [2.75, 3.05) is 13.1 Å². The number of aromatic nitrogens is 1. The molecular weight excluding hydrogens is 378 g/mol. The molecule has 0 bridgehead atoms. The molecule has 3 nitrogen and oxygen atoms in total. The van der Waals surface area contributed by atoms with Crippen molar-refractivity contribution in [1.29, 1.82) is 0 Å². The Labute approximate surface area is 122 Å². The predicted octanol–water partition coefficient (Wildman–Crippen LogP) is 3.27. The SMILES string of the molecule is Fc1cc(OC2CCNCC2)cnc1Cl.SI. The summed E-state index contributed by atoms with van der Waals surface area (Å²) in [7, 11) is 3.50. The van der Waals surface area contributed by atoms with Gasteiger partial charge in [-0.1, -0.05) is 11.6 Å². The standard InChI is InChI=1S/C10H12ClFN2O.HIS/c11-10-9(12)5-8(6-14-10)15-7-1-3-13-4-2-7;1-2/h5-7,13H,1-4H2;2H. The van der Waals surface area contributed by atoms with Crippen LogP contribution in [0.25, 0.3) is 0 Å². The Morgan fingerprint density at radius 2 is 2.12 bits per heavy atom. The zero-order chi connectivity index (χ0) is 12.7. The van der Waals surface area contributed by atoms with E-state index >= 15 is 0 Å². The molecule has 0 aromatic carbocycles. The third kappa shape index (κ3) is 5.15. The van der Waals surface area contributed by atoms with Gasteiger partial charge in [0.05, 0.1) is 6.20 Å². The van der Waals surface area contributed by atoms with Crippen LogP contribution in [0.15, 0.2) is 12.3 Å². The molecule has 0 radical (unpaired) electrons. The average Bonchev–Trinajstić information content (AvgIpc) is 2.38. The van der Waals surface area contributed by atoms with Crippen molar-refractivity contribution in [3.05, 3.63) is 23.2 Å². The highest BCUT2D eigenvalue weighted by atomic mass is 127. The molecule has 0 atom stereocenters. The van der Waals surface area contributed by atoms with E-state index in [1.54, 1.807) is 0 Å². The van der Waals surface area contributed by atoms with Crippen molar-refractivity contribution in [2.45, 2.75) is 18.9 Å². The highest BCUT2D eigenvalue weighted by Gasteiger charge is 2.15. The van der Waals surface area contributed by atoms with Gasteiger partial charge in [-0.05, 0) is 47.1 Å². The summed E-state index contributed by atoms with van der Waals surface area (Å²) >= 11 is 7.32. The molecule has 2 rings (SSSR count). The molecule has 1 saturated heterocycles. The quantitative estimate of drug-likeness (QED) is 0.462. The molecule has 7 heteroatoms. The third-order valence-electron chi connectivity index (χ3n) is 2.36. The number of halogens is 3. The van der Waals surface area contributed by atoms with E-state index in [0.717, 1.165) is 25.9 Å². The normalized spacial score (nSPS) is 16.0. The molecule has 0 saturated carbocycles. The second kappa shape index (κ2) is 8.34. The second-order valence-electron chi connectivity index (χ2n) is 3.51. The minimum Gasteiger partial charge on any atom is -0.489 e. The fourth-order valence-electron chi connectivity index (χ4n) is 1.57. The summed E-state index contributed by atoms with van der Waals surface area (Å²) in [4.78, 5) is 3.69. The molecule has 1 aromatic rings. The van der Waals surface area contributed by atoms with E-state index in [2.05, 4.69) is 20.1 Å². The first-order chi connectivity index (χ1) is 8.25. The maximum Gasteiger partial charge on any atom is 0.164 e. The number of hydrogen-bond donors (Lipinski definition) is 2. The molecule has 1 N–H and O–H groups in total. The van der Waals surface area contributed by atoms with Crippen molar-refractivity contribution < 1.29 is 9.13 Å². The van der Waals surface area contributed by atoms with Gasteiger partial charge in [0.15, 0.2) is 11.0 Å². The van der Waals surface area contributed by atoms with Crippen LogP contribution in [-0.4, -0.2) is 24.2 Å². The summed E-state index contributed by atoms with van der Waals surface area (Å²) in [5.41, 5.74) is 0. The van der Waals surface area contributed by atoms with Gasteiger partial charge in [-0.2, -0.15) is 0 Å². The molecule has 1 aliphatic rings. The van der Waals surface area contributed by atoms with E-state index in [-0.39, 0.29) is 11.3 Å². The highest BCUT2D eigenvalue weighted by Crippen LogP contribution is 2.20. The Bertz CT molecular complexity index is 353. The first-order valence-corrected chi connectivity index (χ1v) is 8.72. The number of pyridine rings is 1. The minimum atomic E-state index is -0.539. The number of ether oxygens (including phenoxy) is 1. The van der Waals surface area contributed by atoms with E-state index < -0.39 is 5.82 Å². The monoisotopic (exact) mass is 390 g/mol. The number of piperidine rings is 1. The minimum absolute atomic E-state index is 0.118. The lowest BCUT2D eigenvalue weighted by Crippen LogP contribution is -2.34. The van der Waals surface area contributed by atoms with E-state index in [1.807, 2.05) is 21.2 Å². The molecule has 96 valence electrons. The van der Waals surface area contributed by atoms with Gasteiger partial charge in [-0.15, -0.1) is 9.80 Å². The molecule has 0 aliphatic carbocycles. The largest absolute Gasteiger partial charge is 0.489 e. The zero-order valence-electron chi connectivity index (χ0n) is 9.00. The Hall–Kier alpha value is 0.210. The molecule has 2 heterocycles. The average molecular weight is 391 g/mol. The third-order valence-corrected chi connectivity index (χ3v) is 2.64. The molecule has 1 aromatic heterocycles. The van der Waals surface area contributed by atoms with E-state index in [1.165, 1.54) is 12.3 Å². The number of hydrogen-bond acceptors (Lipinski definition) is 4. The van der Waals surface area contributed by atoms with E-state index in [4.69, 9.17) is 16.3 Å². The summed E-state index contributed by atoms with van der Waals surface area (Å²) in [6.07, 6.45) is 3.47. The van der Waals surface area contributed by atoms with Crippen molar-refractivity contribution in [2.24, 2.45) is 0 Å². The summed E-state index contributed by atoms with van der Waals surface area (Å²) in [5.74, 6) is -0.0908. The molecule has 17 heavy (non-hydrogen) atoms. The van der Waals surface area contributed by atoms with Gasteiger partial charge < -0.3 is 10.1 Å². The van der Waals surface area contributed by atoms with Crippen LogP contribution in [0.5, 0.6) is 5.75 Å². The van der Waals surface area contributed by atoms with Crippen LogP contribution in [0.1, 0.15) is 12.8 Å². The second-order valence-corrected chi connectivity index (χ2v) is 3.87. The van der Waals surface area contributed by atoms with Crippen LogP contribution >= 0.6 is 42.6 Å². The van der Waals surface area contributed by atoms with Gasteiger partial charge in [0, 0.05) is 6.07 Å². The zero-order valence-corrected chi connectivity index (χ0v) is 12.8. The van der Waals surface area contributed by atoms with Gasteiger partial charge in [-0.3, -0.25) is 0 Å². The number of rotatable bonds is 2. The molecule has 0 unspecified atom stereocenters. The van der Waals surface area contributed by atoms with Crippen LogP contribution in [0, 0.1) is 5.82 Å². The fraction of sp³-hybridized carbons (Fsp3) is 0.500. The van der Waals surface area contributed by atoms with E-state index in [9.17, 15) is 4.39 Å². The summed E-state index contributed by atoms with van der Waals surface area (Å²) in [6, 6.07) is 1.28.